The van der Waals surface area contributed by atoms with E-state index in [1.165, 1.54) is 67.8 Å². The van der Waals surface area contributed by atoms with Crippen LogP contribution in [0.15, 0.2) is 24.3 Å². The van der Waals surface area contributed by atoms with E-state index in [0.717, 1.165) is 28.4 Å². The van der Waals surface area contributed by atoms with Gasteiger partial charge in [-0.25, -0.2) is 0 Å². The average molecular weight is 525 g/mol. The van der Waals surface area contributed by atoms with Crippen LogP contribution in [0.5, 0.6) is 17.2 Å². The van der Waals surface area contributed by atoms with E-state index < -0.39 is 13.5 Å². The standard InChI is InChI=1S/C32H45O4P/c1-31(2,3)37-29-22(17-12-18-25(29)36-30(37)32(4,5)33)26-27(34-6)23(20-13-8-9-14-20)19-24(28(26)35-7)21-15-10-11-16-21/h12,17-21,30,33H,8-11,13-16H2,1-7H3/t30-,37-/m0/s1. The van der Waals surface area contributed by atoms with Crippen LogP contribution >= 0.6 is 7.92 Å². The van der Waals surface area contributed by atoms with Gasteiger partial charge in [-0.3, -0.25) is 0 Å². The summed E-state index contributed by atoms with van der Waals surface area (Å²) >= 11 is 0. The molecule has 2 aromatic carbocycles. The Morgan fingerprint density at radius 1 is 0.838 bits per heavy atom. The molecule has 4 nitrogen and oxygen atoms in total. The second-order valence-corrected chi connectivity index (χ2v) is 15.8. The van der Waals surface area contributed by atoms with Crippen LogP contribution in [0.3, 0.4) is 0 Å². The van der Waals surface area contributed by atoms with Gasteiger partial charge in [0.05, 0.1) is 19.8 Å². The lowest BCUT2D eigenvalue weighted by Crippen LogP contribution is -2.40. The minimum atomic E-state index is -0.954. The molecule has 0 amide bonds. The molecule has 5 heteroatoms. The van der Waals surface area contributed by atoms with Crippen molar-refractivity contribution in [2.75, 3.05) is 14.2 Å². The van der Waals surface area contributed by atoms with Crippen LogP contribution in [0, 0.1) is 0 Å². The van der Waals surface area contributed by atoms with E-state index in [1.807, 2.05) is 28.1 Å². The Hall–Kier alpha value is -1.77. The molecule has 0 bridgehead atoms. The van der Waals surface area contributed by atoms with Gasteiger partial charge in [-0.15, -0.1) is 0 Å². The van der Waals surface area contributed by atoms with E-state index in [1.54, 1.807) is 0 Å². The number of hydrogen-bond donors (Lipinski definition) is 1. The average Bonchev–Trinajstić information content (AvgIpc) is 3.61. The van der Waals surface area contributed by atoms with Crippen molar-refractivity contribution >= 4 is 13.2 Å². The Balaban J connectivity index is 1.81. The Morgan fingerprint density at radius 2 is 1.35 bits per heavy atom. The number of methoxy groups -OCH3 is 2. The molecule has 202 valence electrons. The molecule has 37 heavy (non-hydrogen) atoms. The zero-order chi connectivity index (χ0) is 26.5. The van der Waals surface area contributed by atoms with Crippen LogP contribution in [0.2, 0.25) is 0 Å². The van der Waals surface area contributed by atoms with Gasteiger partial charge in [0, 0.05) is 10.9 Å². The molecule has 1 heterocycles. The lowest BCUT2D eigenvalue weighted by molar-refractivity contribution is 0.0103. The van der Waals surface area contributed by atoms with Crippen molar-refractivity contribution in [1.29, 1.82) is 0 Å². The molecule has 2 aliphatic carbocycles. The van der Waals surface area contributed by atoms with Gasteiger partial charge in [0.25, 0.3) is 0 Å². The van der Waals surface area contributed by atoms with Gasteiger partial charge in [-0.2, -0.15) is 0 Å². The number of rotatable bonds is 6. The van der Waals surface area contributed by atoms with E-state index in [0.29, 0.717) is 11.8 Å². The molecule has 0 aromatic heterocycles. The molecule has 2 fully saturated rings. The third-order valence-corrected chi connectivity index (χ3v) is 12.2. The second-order valence-electron chi connectivity index (χ2n) is 12.8. The Kier molecular flexibility index (Phi) is 7.31. The van der Waals surface area contributed by atoms with Crippen molar-refractivity contribution in [3.63, 3.8) is 0 Å². The largest absolute Gasteiger partial charge is 0.496 e. The maximum absolute atomic E-state index is 11.2. The summed E-state index contributed by atoms with van der Waals surface area (Å²) in [5.74, 6) is 3.61. The highest BCUT2D eigenvalue weighted by Gasteiger charge is 2.49. The van der Waals surface area contributed by atoms with Crippen molar-refractivity contribution in [2.45, 2.75) is 114 Å². The highest BCUT2D eigenvalue weighted by atomic mass is 31.1. The van der Waals surface area contributed by atoms with Crippen LogP contribution in [0.1, 0.15) is 109 Å². The number of fused-ring (bicyclic) bond motifs is 1. The fraction of sp³-hybridized carbons (Fsp3) is 0.625. The molecule has 1 N–H and O–H groups in total. The summed E-state index contributed by atoms with van der Waals surface area (Å²) in [7, 11) is 2.78. The first-order valence-corrected chi connectivity index (χ1v) is 15.6. The fourth-order valence-corrected chi connectivity index (χ4v) is 10.2. The fourth-order valence-electron chi connectivity index (χ4n) is 6.96. The van der Waals surface area contributed by atoms with Crippen molar-refractivity contribution in [3.05, 3.63) is 35.4 Å². The lowest BCUT2D eigenvalue weighted by atomic mass is 9.85. The third kappa shape index (κ3) is 4.78. The molecule has 1 aliphatic heterocycles. The molecule has 0 saturated heterocycles. The summed E-state index contributed by atoms with van der Waals surface area (Å²) in [6.45, 7) is 10.6. The van der Waals surface area contributed by atoms with Gasteiger partial charge in [-0.1, -0.05) is 58.6 Å². The smallest absolute Gasteiger partial charge is 0.150 e. The van der Waals surface area contributed by atoms with E-state index in [-0.39, 0.29) is 11.0 Å². The summed E-state index contributed by atoms with van der Waals surface area (Å²) < 4.78 is 19.2. The van der Waals surface area contributed by atoms with Crippen LogP contribution in [-0.2, 0) is 0 Å². The summed E-state index contributed by atoms with van der Waals surface area (Å²) in [5, 5.41) is 12.4. The number of hydrogen-bond acceptors (Lipinski definition) is 4. The normalized spacial score (nSPS) is 22.8. The van der Waals surface area contributed by atoms with Gasteiger partial charge in [0.15, 0.2) is 0 Å². The predicted octanol–water partition coefficient (Wildman–Crippen LogP) is 8.08. The number of aliphatic hydroxyl groups is 1. The molecular weight excluding hydrogens is 479 g/mol. The first-order chi connectivity index (χ1) is 17.6. The molecule has 0 spiro atoms. The molecule has 2 atom stereocenters. The van der Waals surface area contributed by atoms with E-state index >= 15 is 0 Å². The van der Waals surface area contributed by atoms with E-state index in [2.05, 4.69) is 45.0 Å². The first kappa shape index (κ1) is 26.8. The molecule has 2 saturated carbocycles. The highest BCUT2D eigenvalue weighted by Crippen LogP contribution is 2.63. The molecule has 0 unspecified atom stereocenters. The lowest BCUT2D eigenvalue weighted by Gasteiger charge is -2.38. The second kappa shape index (κ2) is 10.1. The maximum atomic E-state index is 11.2. The van der Waals surface area contributed by atoms with Crippen molar-refractivity contribution in [2.24, 2.45) is 0 Å². The molecule has 3 aliphatic rings. The highest BCUT2D eigenvalue weighted by molar-refractivity contribution is 7.68. The van der Waals surface area contributed by atoms with Gasteiger partial charge in [0.2, 0.25) is 0 Å². The van der Waals surface area contributed by atoms with Crippen LogP contribution < -0.4 is 19.5 Å². The number of benzene rings is 2. The van der Waals surface area contributed by atoms with Gasteiger partial charge in [0.1, 0.15) is 28.7 Å². The minimum Gasteiger partial charge on any atom is -0.496 e. The Morgan fingerprint density at radius 3 is 1.78 bits per heavy atom. The summed E-state index contributed by atoms with van der Waals surface area (Å²) in [6.07, 6.45) is 10.0. The SMILES string of the molecule is COc1c(C2CCCC2)cc(C2CCCC2)c(OC)c1-c1cccc2c1[P@](C(C)(C)C)[C@@H](C(C)(C)O)O2. The van der Waals surface area contributed by atoms with Crippen molar-refractivity contribution in [1.82, 2.24) is 0 Å². The third-order valence-electron chi connectivity index (χ3n) is 8.60. The van der Waals surface area contributed by atoms with Crippen LogP contribution in [0.25, 0.3) is 11.1 Å². The topological polar surface area (TPSA) is 47.9 Å². The molecule has 0 radical (unpaired) electrons. The first-order valence-electron chi connectivity index (χ1n) is 14.2. The van der Waals surface area contributed by atoms with Gasteiger partial charge >= 0.3 is 0 Å². The zero-order valence-corrected chi connectivity index (χ0v) is 24.7. The van der Waals surface area contributed by atoms with Crippen LogP contribution in [0.4, 0.5) is 0 Å². The van der Waals surface area contributed by atoms with Gasteiger partial charge in [-0.05, 0) is 87.7 Å². The van der Waals surface area contributed by atoms with Crippen LogP contribution in [-0.4, -0.2) is 35.9 Å². The Labute approximate surface area is 224 Å². The molecular formula is C32H45O4P. The number of ether oxygens (including phenoxy) is 3. The summed E-state index contributed by atoms with van der Waals surface area (Å²) in [4.78, 5) is 0. The predicted molar refractivity (Wildman–Crippen MR) is 154 cm³/mol. The van der Waals surface area contributed by atoms with Gasteiger partial charge < -0.3 is 19.3 Å². The zero-order valence-electron chi connectivity index (χ0n) is 23.8. The van der Waals surface area contributed by atoms with Crippen molar-refractivity contribution < 1.29 is 19.3 Å². The minimum absolute atomic E-state index is 0.0564. The molecule has 5 rings (SSSR count). The maximum Gasteiger partial charge on any atom is 0.150 e. The van der Waals surface area contributed by atoms with E-state index in [4.69, 9.17) is 14.2 Å². The van der Waals surface area contributed by atoms with E-state index in [9.17, 15) is 5.11 Å². The monoisotopic (exact) mass is 524 g/mol. The van der Waals surface area contributed by atoms with Crippen molar-refractivity contribution in [3.8, 4) is 28.4 Å². The molecule has 2 aromatic rings. The Bertz CT molecular complexity index is 1090. The quantitative estimate of drug-likeness (QED) is 0.388. The summed E-state index contributed by atoms with van der Waals surface area (Å²) in [6, 6.07) is 8.84. The summed E-state index contributed by atoms with van der Waals surface area (Å²) in [5.41, 5.74) is 3.99.